The minimum atomic E-state index is -0.146. The minimum absolute atomic E-state index is 0.146. The van der Waals surface area contributed by atoms with E-state index in [2.05, 4.69) is 17.1 Å². The Labute approximate surface area is 122 Å². The number of unbranched alkanes of at least 4 members (excludes halogenated alkanes) is 1. The molecular formula is C17H27FN2. The van der Waals surface area contributed by atoms with E-state index in [1.165, 1.54) is 38.3 Å². The smallest absolute Gasteiger partial charge is 0.123 e. The zero-order chi connectivity index (χ0) is 14.4. The first-order valence-corrected chi connectivity index (χ1v) is 7.91. The molecule has 1 fully saturated rings. The molecule has 1 N–H and O–H groups in total. The van der Waals surface area contributed by atoms with E-state index in [-0.39, 0.29) is 11.9 Å². The van der Waals surface area contributed by atoms with Crippen molar-refractivity contribution in [3.8, 4) is 0 Å². The molecule has 0 radical (unpaired) electrons. The number of hydrogen-bond donors (Lipinski definition) is 1. The van der Waals surface area contributed by atoms with Gasteiger partial charge in [-0.05, 0) is 57.0 Å². The van der Waals surface area contributed by atoms with Gasteiger partial charge in [0, 0.05) is 18.6 Å². The fraction of sp³-hybridized carbons (Fsp3) is 0.647. The van der Waals surface area contributed by atoms with E-state index < -0.39 is 0 Å². The van der Waals surface area contributed by atoms with Gasteiger partial charge in [0.15, 0.2) is 0 Å². The quantitative estimate of drug-likeness (QED) is 0.740. The van der Waals surface area contributed by atoms with Crippen molar-refractivity contribution >= 4 is 0 Å². The normalized spacial score (nSPS) is 16.6. The summed E-state index contributed by atoms with van der Waals surface area (Å²) in [7, 11) is 1.96. The number of halogens is 1. The van der Waals surface area contributed by atoms with Gasteiger partial charge in [0.25, 0.3) is 0 Å². The van der Waals surface area contributed by atoms with Gasteiger partial charge in [-0.2, -0.15) is 0 Å². The van der Waals surface area contributed by atoms with Gasteiger partial charge in [-0.3, -0.25) is 0 Å². The van der Waals surface area contributed by atoms with Crippen LogP contribution in [0.15, 0.2) is 24.3 Å². The molecule has 0 saturated heterocycles. The summed E-state index contributed by atoms with van der Waals surface area (Å²) < 4.78 is 13.3. The number of hydrogen-bond acceptors (Lipinski definition) is 2. The van der Waals surface area contributed by atoms with Crippen molar-refractivity contribution in [1.82, 2.24) is 10.2 Å². The van der Waals surface area contributed by atoms with Gasteiger partial charge in [0.2, 0.25) is 0 Å². The van der Waals surface area contributed by atoms with Crippen molar-refractivity contribution in [2.45, 2.75) is 51.1 Å². The third kappa shape index (κ3) is 4.57. The van der Waals surface area contributed by atoms with Crippen LogP contribution in [0.1, 0.15) is 50.6 Å². The molecule has 0 spiro atoms. The zero-order valence-electron chi connectivity index (χ0n) is 12.7. The third-order valence-electron chi connectivity index (χ3n) is 4.17. The van der Waals surface area contributed by atoms with Crippen LogP contribution in [0, 0.1) is 5.82 Å². The number of benzene rings is 1. The molecule has 1 aromatic carbocycles. The molecule has 3 heteroatoms. The fourth-order valence-corrected chi connectivity index (χ4v) is 2.77. The van der Waals surface area contributed by atoms with E-state index in [1.54, 1.807) is 12.1 Å². The molecule has 1 aromatic rings. The van der Waals surface area contributed by atoms with E-state index in [0.29, 0.717) is 0 Å². The predicted octanol–water partition coefficient (Wildman–Crippen LogP) is 3.74. The van der Waals surface area contributed by atoms with Crippen molar-refractivity contribution in [2.75, 3.05) is 20.1 Å². The Morgan fingerprint density at radius 1 is 1.35 bits per heavy atom. The van der Waals surface area contributed by atoms with Gasteiger partial charge in [-0.1, -0.05) is 25.5 Å². The van der Waals surface area contributed by atoms with E-state index in [4.69, 9.17) is 0 Å². The van der Waals surface area contributed by atoms with Crippen molar-refractivity contribution in [3.05, 3.63) is 35.6 Å². The average molecular weight is 278 g/mol. The monoisotopic (exact) mass is 278 g/mol. The minimum Gasteiger partial charge on any atom is -0.313 e. The summed E-state index contributed by atoms with van der Waals surface area (Å²) in [6.45, 7) is 4.56. The van der Waals surface area contributed by atoms with Crippen LogP contribution in [-0.4, -0.2) is 31.1 Å². The lowest BCUT2D eigenvalue weighted by atomic mass is 10.0. The van der Waals surface area contributed by atoms with Crippen molar-refractivity contribution in [3.63, 3.8) is 0 Å². The highest BCUT2D eigenvalue weighted by molar-refractivity contribution is 5.20. The summed E-state index contributed by atoms with van der Waals surface area (Å²) in [6.07, 6.45) is 6.28. The van der Waals surface area contributed by atoms with Crippen LogP contribution >= 0.6 is 0 Å². The van der Waals surface area contributed by atoms with E-state index in [9.17, 15) is 4.39 Å². The Bertz CT molecular complexity index is 404. The molecule has 1 unspecified atom stereocenters. The molecule has 1 saturated carbocycles. The van der Waals surface area contributed by atoms with Gasteiger partial charge in [0.05, 0.1) is 0 Å². The Morgan fingerprint density at radius 3 is 2.75 bits per heavy atom. The fourth-order valence-electron chi connectivity index (χ4n) is 2.77. The molecule has 20 heavy (non-hydrogen) atoms. The molecule has 0 aliphatic heterocycles. The third-order valence-corrected chi connectivity index (χ3v) is 4.17. The second kappa shape index (κ2) is 7.75. The molecular weight excluding hydrogens is 251 g/mol. The summed E-state index contributed by atoms with van der Waals surface area (Å²) in [6, 6.07) is 8.02. The molecule has 112 valence electrons. The largest absolute Gasteiger partial charge is 0.313 e. The highest BCUT2D eigenvalue weighted by atomic mass is 19.1. The lowest BCUT2D eigenvalue weighted by Crippen LogP contribution is -2.31. The molecule has 2 rings (SSSR count). The van der Waals surface area contributed by atoms with Crippen LogP contribution in [-0.2, 0) is 0 Å². The molecule has 2 nitrogen and oxygen atoms in total. The standard InChI is InChI=1S/C17H27FN2/c1-3-4-11-20(16-8-9-16)12-10-17(19-2)14-6-5-7-15(18)13-14/h5-7,13,16-17,19H,3-4,8-12H2,1-2H3. The Morgan fingerprint density at radius 2 is 2.15 bits per heavy atom. The molecule has 1 aliphatic rings. The summed E-state index contributed by atoms with van der Waals surface area (Å²) in [5, 5.41) is 3.32. The summed E-state index contributed by atoms with van der Waals surface area (Å²) in [4.78, 5) is 2.62. The highest BCUT2D eigenvalue weighted by Crippen LogP contribution is 2.28. The van der Waals surface area contributed by atoms with Gasteiger partial charge < -0.3 is 10.2 Å². The predicted molar refractivity (Wildman–Crippen MR) is 82.3 cm³/mol. The first kappa shape index (κ1) is 15.5. The maximum atomic E-state index is 13.3. The van der Waals surface area contributed by atoms with Crippen LogP contribution in [0.3, 0.4) is 0 Å². The molecule has 1 aliphatic carbocycles. The van der Waals surface area contributed by atoms with E-state index >= 15 is 0 Å². The topological polar surface area (TPSA) is 15.3 Å². The maximum absolute atomic E-state index is 13.3. The second-order valence-electron chi connectivity index (χ2n) is 5.81. The Hall–Kier alpha value is -0.930. The SMILES string of the molecule is CCCCN(CCC(NC)c1cccc(F)c1)C1CC1. The van der Waals surface area contributed by atoms with Crippen LogP contribution in [0.25, 0.3) is 0 Å². The molecule has 0 heterocycles. The van der Waals surface area contributed by atoms with Crippen LogP contribution < -0.4 is 5.32 Å². The number of nitrogens with zero attached hydrogens (tertiary/aromatic N) is 1. The first-order valence-electron chi connectivity index (χ1n) is 7.91. The van der Waals surface area contributed by atoms with Crippen molar-refractivity contribution < 1.29 is 4.39 Å². The maximum Gasteiger partial charge on any atom is 0.123 e. The molecule has 0 bridgehead atoms. The van der Waals surface area contributed by atoms with Crippen LogP contribution in [0.4, 0.5) is 4.39 Å². The van der Waals surface area contributed by atoms with Gasteiger partial charge in [-0.25, -0.2) is 4.39 Å². The van der Waals surface area contributed by atoms with E-state index in [1.807, 2.05) is 13.1 Å². The summed E-state index contributed by atoms with van der Waals surface area (Å²) in [5.74, 6) is -0.146. The average Bonchev–Trinajstić information content (AvgIpc) is 3.27. The second-order valence-corrected chi connectivity index (χ2v) is 5.81. The van der Waals surface area contributed by atoms with Crippen LogP contribution in [0.2, 0.25) is 0 Å². The lowest BCUT2D eigenvalue weighted by molar-refractivity contribution is 0.245. The molecule has 1 atom stereocenters. The molecule has 0 amide bonds. The van der Waals surface area contributed by atoms with Crippen molar-refractivity contribution in [2.24, 2.45) is 0 Å². The first-order chi connectivity index (χ1) is 9.74. The summed E-state index contributed by atoms with van der Waals surface area (Å²) in [5.41, 5.74) is 1.05. The van der Waals surface area contributed by atoms with Gasteiger partial charge >= 0.3 is 0 Å². The Balaban J connectivity index is 1.88. The van der Waals surface area contributed by atoms with Gasteiger partial charge in [0.1, 0.15) is 5.82 Å². The van der Waals surface area contributed by atoms with Crippen molar-refractivity contribution in [1.29, 1.82) is 0 Å². The lowest BCUT2D eigenvalue weighted by Gasteiger charge is -2.25. The zero-order valence-corrected chi connectivity index (χ0v) is 12.7. The number of rotatable bonds is 9. The summed E-state index contributed by atoms with van der Waals surface area (Å²) >= 11 is 0. The van der Waals surface area contributed by atoms with Gasteiger partial charge in [-0.15, -0.1) is 0 Å². The highest BCUT2D eigenvalue weighted by Gasteiger charge is 2.28. The Kier molecular flexibility index (Phi) is 5.99. The van der Waals surface area contributed by atoms with Crippen LogP contribution in [0.5, 0.6) is 0 Å². The van der Waals surface area contributed by atoms with E-state index in [0.717, 1.165) is 24.6 Å². The molecule has 0 aromatic heterocycles. The number of nitrogens with one attached hydrogen (secondary N) is 1.